The number of rotatable bonds is 6. The zero-order chi connectivity index (χ0) is 21.3. The molecule has 0 aliphatic carbocycles. The number of phenolic OH excluding ortho intramolecular Hbond substituents is 1. The minimum Gasteiger partial charge on any atom is -0.506 e. The largest absolute Gasteiger partial charge is 0.506 e. The fraction of sp³-hybridized carbons (Fsp3) is 0.263. The molecule has 2 aromatic carbocycles. The van der Waals surface area contributed by atoms with Gasteiger partial charge in [-0.25, -0.2) is 17.7 Å². The van der Waals surface area contributed by atoms with Crippen molar-refractivity contribution in [3.63, 3.8) is 0 Å². The number of amides is 1. The number of benzene rings is 2. The van der Waals surface area contributed by atoms with Crippen LogP contribution in [-0.2, 0) is 28.3 Å². The molecular weight excluding hydrogens is 416 g/mol. The third-order valence-corrected chi connectivity index (χ3v) is 6.58. The van der Waals surface area contributed by atoms with Gasteiger partial charge in [-0.1, -0.05) is 11.6 Å². The molecule has 0 fully saturated rings. The lowest BCUT2D eigenvalue weighted by Gasteiger charge is -2.10. The Kier molecular flexibility index (Phi) is 5.83. The number of aromatic hydroxyl groups is 1. The number of hydrogen-bond donors (Lipinski definition) is 2. The van der Waals surface area contributed by atoms with Crippen LogP contribution in [0.4, 0.5) is 5.69 Å². The summed E-state index contributed by atoms with van der Waals surface area (Å²) < 4.78 is 27.6. The Bertz CT molecular complexity index is 1190. The van der Waals surface area contributed by atoms with Gasteiger partial charge in [-0.05, 0) is 36.4 Å². The van der Waals surface area contributed by atoms with Crippen LogP contribution in [-0.4, -0.2) is 47.4 Å². The number of anilines is 1. The van der Waals surface area contributed by atoms with Gasteiger partial charge in [-0.3, -0.25) is 4.79 Å². The van der Waals surface area contributed by atoms with Crippen molar-refractivity contribution in [2.45, 2.75) is 17.7 Å². The van der Waals surface area contributed by atoms with E-state index in [-0.39, 0.29) is 28.7 Å². The zero-order valence-corrected chi connectivity index (χ0v) is 17.8. The number of sulfonamides is 1. The van der Waals surface area contributed by atoms with E-state index in [4.69, 9.17) is 11.6 Å². The highest BCUT2D eigenvalue weighted by Gasteiger charge is 2.19. The number of nitrogens with zero attached hydrogens (tertiary/aromatic N) is 3. The first-order chi connectivity index (χ1) is 13.6. The second-order valence-corrected chi connectivity index (χ2v) is 9.32. The maximum Gasteiger partial charge on any atom is 0.242 e. The van der Waals surface area contributed by atoms with Crippen molar-refractivity contribution in [1.29, 1.82) is 0 Å². The first kappa shape index (κ1) is 21.1. The van der Waals surface area contributed by atoms with Crippen LogP contribution in [0.25, 0.3) is 11.0 Å². The molecule has 29 heavy (non-hydrogen) atoms. The predicted molar refractivity (Wildman–Crippen MR) is 112 cm³/mol. The minimum absolute atomic E-state index is 0.0693. The lowest BCUT2D eigenvalue weighted by atomic mass is 10.2. The molecule has 8 nitrogen and oxygen atoms in total. The number of fused-ring (bicyclic) bond motifs is 1. The first-order valence-electron chi connectivity index (χ1n) is 8.76. The fourth-order valence-corrected chi connectivity index (χ4v) is 3.97. The second kappa shape index (κ2) is 8.02. The summed E-state index contributed by atoms with van der Waals surface area (Å²) >= 11 is 5.88. The molecule has 3 aromatic rings. The Labute approximate surface area is 173 Å². The van der Waals surface area contributed by atoms with Crippen molar-refractivity contribution in [3.8, 4) is 5.75 Å². The zero-order valence-electron chi connectivity index (χ0n) is 16.2. The van der Waals surface area contributed by atoms with Crippen molar-refractivity contribution >= 4 is 44.3 Å². The Morgan fingerprint density at radius 3 is 2.66 bits per heavy atom. The topological polar surface area (TPSA) is 105 Å². The summed E-state index contributed by atoms with van der Waals surface area (Å²) in [5, 5.41) is 12.8. The van der Waals surface area contributed by atoms with Crippen molar-refractivity contribution in [2.24, 2.45) is 7.05 Å². The van der Waals surface area contributed by atoms with Crippen LogP contribution in [0.2, 0.25) is 5.02 Å². The number of imidazole rings is 1. The van der Waals surface area contributed by atoms with Gasteiger partial charge in [0.05, 0.1) is 21.6 Å². The molecule has 0 unspecified atom stereocenters. The van der Waals surface area contributed by atoms with Crippen LogP contribution in [0.5, 0.6) is 5.75 Å². The number of carbonyl (C=O) groups excluding carboxylic acids is 1. The maximum absolute atomic E-state index is 12.3. The van der Waals surface area contributed by atoms with Crippen LogP contribution in [0.3, 0.4) is 0 Å². The number of halogens is 1. The normalized spacial score (nSPS) is 11.9. The van der Waals surface area contributed by atoms with Gasteiger partial charge in [0.1, 0.15) is 11.6 Å². The first-order valence-corrected chi connectivity index (χ1v) is 10.6. The molecule has 0 aliphatic heterocycles. The average Bonchev–Trinajstić information content (AvgIpc) is 2.98. The van der Waals surface area contributed by atoms with Crippen LogP contribution in [0.1, 0.15) is 12.2 Å². The number of phenols is 1. The van der Waals surface area contributed by atoms with Crippen molar-refractivity contribution in [1.82, 2.24) is 13.9 Å². The van der Waals surface area contributed by atoms with E-state index in [2.05, 4.69) is 10.3 Å². The molecule has 2 N–H and O–H groups in total. The van der Waals surface area contributed by atoms with Crippen molar-refractivity contribution in [2.75, 3.05) is 19.4 Å². The standard InChI is InChI=1S/C19H21ClN4O4S/c1-23(2)29(27,28)13-5-6-16-14(11-13)21-18(24(16)3)8-9-19(26)22-15-10-12(20)4-7-17(15)25/h4-7,10-11,25H,8-9H2,1-3H3,(H,22,26). The van der Waals surface area contributed by atoms with Gasteiger partial charge in [0, 0.05) is 39.0 Å². The van der Waals surface area contributed by atoms with E-state index in [1.807, 2.05) is 11.6 Å². The summed E-state index contributed by atoms with van der Waals surface area (Å²) in [6, 6.07) is 9.17. The van der Waals surface area contributed by atoms with E-state index in [1.165, 1.54) is 44.4 Å². The SMILES string of the molecule is CN(C)S(=O)(=O)c1ccc2c(c1)nc(CCC(=O)Nc1cc(Cl)ccc1O)n2C. The van der Waals surface area contributed by atoms with Crippen molar-refractivity contribution < 1.29 is 18.3 Å². The summed E-state index contributed by atoms with van der Waals surface area (Å²) in [6.45, 7) is 0. The van der Waals surface area contributed by atoms with Gasteiger partial charge in [0.15, 0.2) is 0 Å². The molecule has 10 heteroatoms. The quantitative estimate of drug-likeness (QED) is 0.578. The van der Waals surface area contributed by atoms with Gasteiger partial charge in [0.2, 0.25) is 15.9 Å². The van der Waals surface area contributed by atoms with E-state index in [1.54, 1.807) is 6.07 Å². The summed E-state index contributed by atoms with van der Waals surface area (Å²) in [5.74, 6) is 0.274. The predicted octanol–water partition coefficient (Wildman–Crippen LogP) is 2.75. The molecule has 154 valence electrons. The average molecular weight is 437 g/mol. The molecule has 1 amide bonds. The van der Waals surface area contributed by atoms with Crippen LogP contribution < -0.4 is 5.32 Å². The Morgan fingerprint density at radius 1 is 1.24 bits per heavy atom. The van der Waals surface area contributed by atoms with E-state index in [9.17, 15) is 18.3 Å². The molecule has 0 atom stereocenters. The van der Waals surface area contributed by atoms with Gasteiger partial charge in [0.25, 0.3) is 0 Å². The molecule has 1 aromatic heterocycles. The molecule has 0 saturated carbocycles. The van der Waals surface area contributed by atoms with E-state index < -0.39 is 10.0 Å². The van der Waals surface area contributed by atoms with Crippen LogP contribution in [0.15, 0.2) is 41.3 Å². The summed E-state index contributed by atoms with van der Waals surface area (Å²) in [6.07, 6.45) is 0.472. The Hall–Kier alpha value is -2.62. The maximum atomic E-state index is 12.3. The Balaban J connectivity index is 1.77. The van der Waals surface area contributed by atoms with E-state index in [0.29, 0.717) is 22.8 Å². The van der Waals surface area contributed by atoms with Gasteiger partial charge in [-0.15, -0.1) is 0 Å². The fourth-order valence-electron chi connectivity index (χ4n) is 2.87. The number of carbonyl (C=O) groups is 1. The number of hydrogen-bond acceptors (Lipinski definition) is 5. The summed E-state index contributed by atoms with van der Waals surface area (Å²) in [5.41, 5.74) is 1.55. The van der Waals surface area contributed by atoms with Crippen LogP contribution in [0, 0.1) is 0 Å². The van der Waals surface area contributed by atoms with E-state index >= 15 is 0 Å². The third-order valence-electron chi connectivity index (χ3n) is 4.53. The number of aryl methyl sites for hydroxylation is 2. The lowest BCUT2D eigenvalue weighted by Crippen LogP contribution is -2.22. The molecule has 0 bridgehead atoms. The van der Waals surface area contributed by atoms with Gasteiger partial charge in [-0.2, -0.15) is 0 Å². The molecule has 0 saturated heterocycles. The lowest BCUT2D eigenvalue weighted by molar-refractivity contribution is -0.116. The molecule has 0 aliphatic rings. The van der Waals surface area contributed by atoms with Crippen molar-refractivity contribution in [3.05, 3.63) is 47.2 Å². The monoisotopic (exact) mass is 436 g/mol. The Morgan fingerprint density at radius 2 is 1.97 bits per heavy atom. The summed E-state index contributed by atoms with van der Waals surface area (Å²) in [7, 11) is 1.20. The smallest absolute Gasteiger partial charge is 0.242 e. The minimum atomic E-state index is -3.55. The second-order valence-electron chi connectivity index (χ2n) is 6.73. The molecular formula is C19H21ClN4O4S. The highest BCUT2D eigenvalue weighted by molar-refractivity contribution is 7.89. The molecule has 1 heterocycles. The van der Waals surface area contributed by atoms with Crippen LogP contribution >= 0.6 is 11.6 Å². The van der Waals surface area contributed by atoms with Gasteiger partial charge >= 0.3 is 0 Å². The highest BCUT2D eigenvalue weighted by atomic mass is 35.5. The number of nitrogens with one attached hydrogen (secondary N) is 1. The number of aromatic nitrogens is 2. The summed E-state index contributed by atoms with van der Waals surface area (Å²) in [4.78, 5) is 16.9. The van der Waals surface area contributed by atoms with Gasteiger partial charge < -0.3 is 15.0 Å². The molecule has 0 radical (unpaired) electrons. The third kappa shape index (κ3) is 4.36. The van der Waals surface area contributed by atoms with E-state index in [0.717, 1.165) is 9.82 Å². The highest BCUT2D eigenvalue weighted by Crippen LogP contribution is 2.27. The molecule has 0 spiro atoms. The molecule has 3 rings (SSSR count).